The zero-order valence-electron chi connectivity index (χ0n) is 18.2. The first kappa shape index (κ1) is 24.4. The molecule has 2 aromatic carbocycles. The van der Waals surface area contributed by atoms with E-state index in [1.165, 1.54) is 17.5 Å². The zero-order chi connectivity index (χ0) is 23.8. The fourth-order valence-corrected chi connectivity index (χ4v) is 3.63. The van der Waals surface area contributed by atoms with Crippen LogP contribution in [0.3, 0.4) is 0 Å². The van der Waals surface area contributed by atoms with E-state index in [9.17, 15) is 18.0 Å². The number of nitrogens with one attached hydrogen (secondary N) is 2. The highest BCUT2D eigenvalue weighted by atomic mass is 32.1. The SMILES string of the molecule is CCCCCOc1ccc(Nc2nc(C(=O)Nc3ccc(OC)cc3)cs2)cc1C(F)(F)F. The van der Waals surface area contributed by atoms with Crippen molar-refractivity contribution in [2.45, 2.75) is 32.4 Å². The van der Waals surface area contributed by atoms with Crippen molar-refractivity contribution >= 4 is 33.8 Å². The Morgan fingerprint density at radius 1 is 1.09 bits per heavy atom. The van der Waals surface area contributed by atoms with Crippen molar-refractivity contribution in [1.82, 2.24) is 4.98 Å². The number of amides is 1. The van der Waals surface area contributed by atoms with E-state index in [1.807, 2.05) is 6.92 Å². The van der Waals surface area contributed by atoms with Crippen molar-refractivity contribution in [3.8, 4) is 11.5 Å². The highest BCUT2D eigenvalue weighted by molar-refractivity contribution is 7.14. The van der Waals surface area contributed by atoms with E-state index in [0.29, 0.717) is 23.0 Å². The fraction of sp³-hybridized carbons (Fsp3) is 0.304. The molecule has 3 rings (SSSR count). The molecule has 0 radical (unpaired) electrons. The zero-order valence-corrected chi connectivity index (χ0v) is 19.0. The Hall–Kier alpha value is -3.27. The van der Waals surface area contributed by atoms with Crippen molar-refractivity contribution in [2.24, 2.45) is 0 Å². The lowest BCUT2D eigenvalue weighted by Crippen LogP contribution is -2.12. The molecule has 1 aromatic heterocycles. The average molecular weight is 480 g/mol. The third-order valence-electron chi connectivity index (χ3n) is 4.63. The normalized spacial score (nSPS) is 11.2. The van der Waals surface area contributed by atoms with Crippen LogP contribution in [0.25, 0.3) is 0 Å². The molecule has 0 saturated carbocycles. The first-order chi connectivity index (χ1) is 15.8. The molecule has 1 heterocycles. The standard InChI is InChI=1S/C23H24F3N3O3S/c1-3-4-5-12-32-20-11-8-16(13-18(20)23(24,25)26)28-22-29-19(14-33-22)21(30)27-15-6-9-17(31-2)10-7-15/h6-11,13-14H,3-5,12H2,1-2H3,(H,27,30)(H,28,29). The molecule has 176 valence electrons. The number of hydrogen-bond donors (Lipinski definition) is 2. The lowest BCUT2D eigenvalue weighted by atomic mass is 10.1. The van der Waals surface area contributed by atoms with Crippen molar-refractivity contribution in [1.29, 1.82) is 0 Å². The van der Waals surface area contributed by atoms with Gasteiger partial charge in [-0.3, -0.25) is 4.79 Å². The summed E-state index contributed by atoms with van der Waals surface area (Å²) in [5.74, 6) is 0.0165. The van der Waals surface area contributed by atoms with Gasteiger partial charge in [-0.05, 0) is 48.9 Å². The number of anilines is 3. The second-order valence-corrected chi connectivity index (χ2v) is 7.97. The van der Waals surface area contributed by atoms with Crippen LogP contribution in [-0.4, -0.2) is 24.6 Å². The number of rotatable bonds is 10. The van der Waals surface area contributed by atoms with Crippen molar-refractivity contribution in [2.75, 3.05) is 24.4 Å². The van der Waals surface area contributed by atoms with Crippen LogP contribution in [0.2, 0.25) is 0 Å². The van der Waals surface area contributed by atoms with Crippen LogP contribution in [0.15, 0.2) is 47.8 Å². The number of hydrogen-bond acceptors (Lipinski definition) is 6. The van der Waals surface area contributed by atoms with Gasteiger partial charge in [0.1, 0.15) is 17.2 Å². The number of unbranched alkanes of at least 4 members (excludes halogenated alkanes) is 2. The van der Waals surface area contributed by atoms with Crippen molar-refractivity contribution in [3.05, 3.63) is 59.1 Å². The van der Waals surface area contributed by atoms with Crippen LogP contribution in [0.1, 0.15) is 42.2 Å². The minimum atomic E-state index is -4.57. The number of benzene rings is 2. The lowest BCUT2D eigenvalue weighted by Gasteiger charge is -2.15. The number of halogens is 3. The van der Waals surface area contributed by atoms with E-state index in [1.54, 1.807) is 31.4 Å². The molecular weight excluding hydrogens is 455 g/mol. The van der Waals surface area contributed by atoms with Gasteiger partial charge in [-0.2, -0.15) is 13.2 Å². The first-order valence-electron chi connectivity index (χ1n) is 10.3. The molecule has 0 aliphatic rings. The molecule has 10 heteroatoms. The third-order valence-corrected chi connectivity index (χ3v) is 5.38. The largest absolute Gasteiger partial charge is 0.497 e. The molecule has 1 amide bonds. The molecule has 6 nitrogen and oxygen atoms in total. The van der Waals surface area contributed by atoms with Gasteiger partial charge in [0.25, 0.3) is 5.91 Å². The number of aromatic nitrogens is 1. The number of carbonyl (C=O) groups excluding carboxylic acids is 1. The Bertz CT molecular complexity index is 1070. The fourth-order valence-electron chi connectivity index (χ4n) is 2.92. The number of nitrogens with zero attached hydrogens (tertiary/aromatic N) is 1. The highest BCUT2D eigenvalue weighted by Gasteiger charge is 2.34. The summed E-state index contributed by atoms with van der Waals surface area (Å²) in [5.41, 5.74) is 0.0376. The Balaban J connectivity index is 1.68. The summed E-state index contributed by atoms with van der Waals surface area (Å²) < 4.78 is 51.0. The summed E-state index contributed by atoms with van der Waals surface area (Å²) in [6.07, 6.45) is -2.04. The molecule has 0 bridgehead atoms. The maximum Gasteiger partial charge on any atom is 0.420 e. The minimum absolute atomic E-state index is 0.144. The number of methoxy groups -OCH3 is 1. The van der Waals surface area contributed by atoms with E-state index in [4.69, 9.17) is 9.47 Å². The van der Waals surface area contributed by atoms with Crippen molar-refractivity contribution in [3.63, 3.8) is 0 Å². The van der Waals surface area contributed by atoms with Crippen LogP contribution in [0.5, 0.6) is 11.5 Å². The van der Waals surface area contributed by atoms with Crippen LogP contribution < -0.4 is 20.1 Å². The molecule has 0 aliphatic carbocycles. The summed E-state index contributed by atoms with van der Waals surface area (Å²) in [6.45, 7) is 2.23. The molecule has 0 unspecified atom stereocenters. The molecule has 0 aliphatic heterocycles. The average Bonchev–Trinajstić information content (AvgIpc) is 3.26. The second-order valence-electron chi connectivity index (χ2n) is 7.11. The van der Waals surface area contributed by atoms with Gasteiger partial charge < -0.3 is 20.1 Å². The topological polar surface area (TPSA) is 72.5 Å². The quantitative estimate of drug-likeness (QED) is 0.315. The smallest absolute Gasteiger partial charge is 0.420 e. The van der Waals surface area contributed by atoms with Gasteiger partial charge in [0.2, 0.25) is 0 Å². The number of carbonyl (C=O) groups is 1. The van der Waals surface area contributed by atoms with E-state index in [2.05, 4.69) is 15.6 Å². The van der Waals surface area contributed by atoms with Crippen LogP contribution in [0, 0.1) is 0 Å². The molecule has 0 spiro atoms. The molecule has 0 atom stereocenters. The maximum atomic E-state index is 13.5. The first-order valence-corrected chi connectivity index (χ1v) is 11.2. The van der Waals surface area contributed by atoms with Gasteiger partial charge in [0, 0.05) is 16.8 Å². The van der Waals surface area contributed by atoms with Gasteiger partial charge in [0.15, 0.2) is 5.13 Å². The molecule has 33 heavy (non-hydrogen) atoms. The predicted molar refractivity (Wildman–Crippen MR) is 123 cm³/mol. The van der Waals surface area contributed by atoms with E-state index >= 15 is 0 Å². The van der Waals surface area contributed by atoms with E-state index in [0.717, 1.165) is 30.2 Å². The second kappa shape index (κ2) is 11.0. The van der Waals surface area contributed by atoms with Crippen LogP contribution in [-0.2, 0) is 6.18 Å². The summed E-state index contributed by atoms with van der Waals surface area (Å²) in [4.78, 5) is 16.6. The molecule has 3 aromatic rings. The van der Waals surface area contributed by atoms with Crippen LogP contribution in [0.4, 0.5) is 29.7 Å². The Morgan fingerprint density at radius 2 is 1.82 bits per heavy atom. The molecule has 0 fully saturated rings. The Labute approximate surface area is 193 Å². The van der Waals surface area contributed by atoms with Gasteiger partial charge in [-0.15, -0.1) is 11.3 Å². The van der Waals surface area contributed by atoms with Crippen LogP contribution >= 0.6 is 11.3 Å². The summed E-state index contributed by atoms with van der Waals surface area (Å²) in [7, 11) is 1.54. The number of alkyl halides is 3. The number of thiazole rings is 1. The van der Waals surface area contributed by atoms with E-state index in [-0.39, 0.29) is 23.7 Å². The monoisotopic (exact) mass is 479 g/mol. The summed E-state index contributed by atoms with van der Waals surface area (Å²) in [6, 6.07) is 10.6. The molecule has 2 N–H and O–H groups in total. The minimum Gasteiger partial charge on any atom is -0.497 e. The summed E-state index contributed by atoms with van der Waals surface area (Å²) >= 11 is 1.11. The predicted octanol–water partition coefficient (Wildman–Crippen LogP) is 6.74. The number of ether oxygens (including phenoxy) is 2. The Morgan fingerprint density at radius 3 is 2.48 bits per heavy atom. The summed E-state index contributed by atoms with van der Waals surface area (Å²) in [5, 5.41) is 7.35. The lowest BCUT2D eigenvalue weighted by molar-refractivity contribution is -0.138. The van der Waals surface area contributed by atoms with Gasteiger partial charge in [-0.1, -0.05) is 19.8 Å². The van der Waals surface area contributed by atoms with Gasteiger partial charge >= 0.3 is 6.18 Å². The van der Waals surface area contributed by atoms with E-state index < -0.39 is 17.6 Å². The van der Waals surface area contributed by atoms with Crippen molar-refractivity contribution < 1.29 is 27.4 Å². The Kier molecular flexibility index (Phi) is 8.16. The molecule has 0 saturated heterocycles. The highest BCUT2D eigenvalue weighted by Crippen LogP contribution is 2.38. The van der Waals surface area contributed by atoms with Gasteiger partial charge in [-0.25, -0.2) is 4.98 Å². The third kappa shape index (κ3) is 6.85. The van der Waals surface area contributed by atoms with Gasteiger partial charge in [0.05, 0.1) is 19.3 Å². The molecular formula is C23H24F3N3O3S. The maximum absolute atomic E-state index is 13.5.